The monoisotopic (exact) mass is 356 g/mol. The molecule has 0 radical (unpaired) electrons. The summed E-state index contributed by atoms with van der Waals surface area (Å²) in [6.07, 6.45) is 8.91. The number of hydrogen-bond donors (Lipinski definition) is 2. The maximum absolute atomic E-state index is 12.9. The van der Waals surface area contributed by atoms with Gasteiger partial charge in [0, 0.05) is 28.9 Å². The number of nitrogens with one attached hydrogen (secondary N) is 2. The van der Waals surface area contributed by atoms with Gasteiger partial charge in [0.15, 0.2) is 5.78 Å². The molecule has 4 nitrogen and oxygen atoms in total. The Morgan fingerprint density at radius 2 is 1.96 bits per heavy atom. The first kappa shape index (κ1) is 18.9. The second-order valence-electron chi connectivity index (χ2n) is 9.33. The van der Waals surface area contributed by atoms with Crippen molar-refractivity contribution in [1.29, 1.82) is 0 Å². The molecule has 0 bridgehead atoms. The molecule has 142 valence electrons. The predicted octanol–water partition coefficient (Wildman–Crippen LogP) is 4.00. The fourth-order valence-corrected chi connectivity index (χ4v) is 5.14. The Labute approximate surface area is 157 Å². The molecule has 0 saturated heterocycles. The van der Waals surface area contributed by atoms with Crippen molar-refractivity contribution in [2.45, 2.75) is 71.8 Å². The van der Waals surface area contributed by atoms with Crippen molar-refractivity contribution in [2.75, 3.05) is 0 Å². The molecule has 4 heteroatoms. The van der Waals surface area contributed by atoms with Crippen LogP contribution in [0.1, 0.15) is 66.2 Å². The summed E-state index contributed by atoms with van der Waals surface area (Å²) in [4.78, 5) is 24.5. The number of allylic oxidation sites excluding steroid dienone is 5. The number of carbonyl (C=O) groups is 2. The third-order valence-electron chi connectivity index (χ3n) is 6.37. The first-order valence-electron chi connectivity index (χ1n) is 9.82. The lowest BCUT2D eigenvalue weighted by Crippen LogP contribution is -2.48. The van der Waals surface area contributed by atoms with Gasteiger partial charge in [-0.25, -0.2) is 0 Å². The van der Waals surface area contributed by atoms with Crippen LogP contribution in [0.2, 0.25) is 0 Å². The van der Waals surface area contributed by atoms with Crippen LogP contribution in [-0.4, -0.2) is 17.2 Å². The average Bonchev–Trinajstić information content (AvgIpc) is 2.90. The molecule has 1 heterocycles. The lowest BCUT2D eigenvalue weighted by Gasteiger charge is -2.44. The highest BCUT2D eigenvalue weighted by atomic mass is 16.2. The molecule has 1 amide bonds. The molecule has 1 aliphatic heterocycles. The van der Waals surface area contributed by atoms with Gasteiger partial charge in [-0.15, -0.1) is 0 Å². The zero-order valence-electron chi connectivity index (χ0n) is 16.6. The Kier molecular flexibility index (Phi) is 4.89. The van der Waals surface area contributed by atoms with Crippen molar-refractivity contribution >= 4 is 11.7 Å². The van der Waals surface area contributed by atoms with E-state index >= 15 is 0 Å². The molecule has 0 unspecified atom stereocenters. The largest absolute Gasteiger partial charge is 0.362 e. The van der Waals surface area contributed by atoms with Crippen LogP contribution < -0.4 is 10.6 Å². The Morgan fingerprint density at radius 3 is 2.62 bits per heavy atom. The second kappa shape index (κ2) is 6.71. The number of rotatable bonds is 3. The van der Waals surface area contributed by atoms with E-state index in [1.165, 1.54) is 17.3 Å². The molecule has 0 aromatic carbocycles. The maximum Gasteiger partial charge on any atom is 0.224 e. The highest BCUT2D eigenvalue weighted by Gasteiger charge is 2.53. The zero-order valence-corrected chi connectivity index (χ0v) is 16.6. The van der Waals surface area contributed by atoms with Crippen LogP contribution in [-0.2, 0) is 9.59 Å². The first-order chi connectivity index (χ1) is 12.1. The fraction of sp³-hybridized carbons (Fsp3) is 0.636. The third kappa shape index (κ3) is 3.51. The highest BCUT2D eigenvalue weighted by Crippen LogP contribution is 2.58. The van der Waals surface area contributed by atoms with Crippen molar-refractivity contribution in [3.8, 4) is 0 Å². The molecule has 3 aliphatic rings. The molecule has 26 heavy (non-hydrogen) atoms. The van der Waals surface area contributed by atoms with Crippen LogP contribution in [0.15, 0.2) is 35.7 Å². The summed E-state index contributed by atoms with van der Waals surface area (Å²) in [7, 11) is 0. The molecule has 3 atom stereocenters. The van der Waals surface area contributed by atoms with E-state index in [1.54, 1.807) is 6.08 Å². The topological polar surface area (TPSA) is 58.2 Å². The van der Waals surface area contributed by atoms with E-state index in [2.05, 4.69) is 24.1 Å². The van der Waals surface area contributed by atoms with E-state index < -0.39 is 0 Å². The molecule has 0 aromatic heterocycles. The van der Waals surface area contributed by atoms with Crippen molar-refractivity contribution in [3.63, 3.8) is 0 Å². The molecular weight excluding hydrogens is 324 g/mol. The number of ketones is 1. The minimum absolute atomic E-state index is 0.0445. The van der Waals surface area contributed by atoms with E-state index in [4.69, 9.17) is 0 Å². The maximum atomic E-state index is 12.9. The van der Waals surface area contributed by atoms with Crippen LogP contribution in [0.5, 0.6) is 0 Å². The number of hydrogen-bond acceptors (Lipinski definition) is 3. The SMILES string of the molecule is C=CC(=O)/C=C1/CCC2=C(CC[C@]3(C)[C@@H](C(=O)NC(C)(C)C)CC[C@@H]23)N1. The summed E-state index contributed by atoms with van der Waals surface area (Å²) >= 11 is 0. The zero-order chi connectivity index (χ0) is 19.1. The van der Waals surface area contributed by atoms with Gasteiger partial charge in [0.25, 0.3) is 0 Å². The van der Waals surface area contributed by atoms with Gasteiger partial charge in [0.05, 0.1) is 0 Å². The molecule has 2 N–H and O–H groups in total. The molecule has 0 aromatic rings. The van der Waals surface area contributed by atoms with Crippen LogP contribution in [0, 0.1) is 17.3 Å². The van der Waals surface area contributed by atoms with E-state index in [-0.39, 0.29) is 28.6 Å². The average molecular weight is 357 g/mol. The molecule has 1 fully saturated rings. The Hall–Kier alpha value is -1.84. The molecule has 2 aliphatic carbocycles. The summed E-state index contributed by atoms with van der Waals surface area (Å²) in [5, 5.41) is 6.70. The number of carbonyl (C=O) groups excluding carboxylic acids is 2. The van der Waals surface area contributed by atoms with E-state index in [1.807, 2.05) is 20.8 Å². The standard InChI is InChI=1S/C22H32N2O2/c1-6-15(25)13-14-7-8-16-17-9-10-18(20(26)24-21(2,3)4)22(17,5)12-11-19(16)23-14/h6,13,17-18,23H,1,7-12H2,2-5H3,(H,24,26)/b14-13-/t17-,18+,22-/m0/s1. The summed E-state index contributed by atoms with van der Waals surface area (Å²) in [5.41, 5.74) is 3.64. The van der Waals surface area contributed by atoms with Crippen molar-refractivity contribution in [3.05, 3.63) is 35.7 Å². The Morgan fingerprint density at radius 1 is 1.23 bits per heavy atom. The van der Waals surface area contributed by atoms with E-state index in [9.17, 15) is 9.59 Å². The summed E-state index contributed by atoms with van der Waals surface area (Å²) in [6.45, 7) is 12.0. The Bertz CT molecular complexity index is 695. The quantitative estimate of drug-likeness (QED) is 0.751. The molecule has 3 rings (SSSR count). The van der Waals surface area contributed by atoms with Gasteiger partial charge < -0.3 is 10.6 Å². The lowest BCUT2D eigenvalue weighted by molar-refractivity contribution is -0.130. The fourth-order valence-electron chi connectivity index (χ4n) is 5.14. The smallest absolute Gasteiger partial charge is 0.224 e. The minimum Gasteiger partial charge on any atom is -0.362 e. The van der Waals surface area contributed by atoms with Gasteiger partial charge in [-0.2, -0.15) is 0 Å². The summed E-state index contributed by atoms with van der Waals surface area (Å²) in [6, 6.07) is 0. The highest BCUT2D eigenvalue weighted by molar-refractivity contribution is 5.99. The van der Waals surface area contributed by atoms with Gasteiger partial charge in [-0.3, -0.25) is 9.59 Å². The summed E-state index contributed by atoms with van der Waals surface area (Å²) < 4.78 is 0. The van der Waals surface area contributed by atoms with Crippen LogP contribution in [0.3, 0.4) is 0 Å². The van der Waals surface area contributed by atoms with Crippen molar-refractivity contribution in [1.82, 2.24) is 10.6 Å². The van der Waals surface area contributed by atoms with Gasteiger partial charge in [0.2, 0.25) is 5.91 Å². The van der Waals surface area contributed by atoms with Gasteiger partial charge >= 0.3 is 0 Å². The second-order valence-corrected chi connectivity index (χ2v) is 9.33. The van der Waals surface area contributed by atoms with Crippen LogP contribution in [0.25, 0.3) is 0 Å². The van der Waals surface area contributed by atoms with E-state index in [0.717, 1.165) is 44.2 Å². The van der Waals surface area contributed by atoms with Crippen molar-refractivity contribution < 1.29 is 9.59 Å². The lowest BCUT2D eigenvalue weighted by atomic mass is 9.63. The molecular formula is C22H32N2O2. The van der Waals surface area contributed by atoms with Crippen LogP contribution in [0.4, 0.5) is 0 Å². The Balaban J connectivity index is 1.80. The number of fused-ring (bicyclic) bond motifs is 2. The van der Waals surface area contributed by atoms with Crippen LogP contribution >= 0.6 is 0 Å². The third-order valence-corrected chi connectivity index (χ3v) is 6.37. The van der Waals surface area contributed by atoms with Gasteiger partial charge in [-0.1, -0.05) is 13.5 Å². The number of amides is 1. The van der Waals surface area contributed by atoms with Gasteiger partial charge in [-0.05, 0) is 82.3 Å². The van der Waals surface area contributed by atoms with Gasteiger partial charge in [0.1, 0.15) is 0 Å². The molecule has 0 spiro atoms. The molecule has 1 saturated carbocycles. The minimum atomic E-state index is -0.186. The summed E-state index contributed by atoms with van der Waals surface area (Å²) in [5.74, 6) is 0.746. The normalized spacial score (nSPS) is 32.5. The van der Waals surface area contributed by atoms with E-state index in [0.29, 0.717) is 5.92 Å². The van der Waals surface area contributed by atoms with Crippen molar-refractivity contribution in [2.24, 2.45) is 17.3 Å². The first-order valence-corrected chi connectivity index (χ1v) is 9.82. The predicted molar refractivity (Wildman–Crippen MR) is 104 cm³/mol.